The van der Waals surface area contributed by atoms with Gasteiger partial charge in [-0.2, -0.15) is 0 Å². The van der Waals surface area contributed by atoms with E-state index in [4.69, 9.17) is 0 Å². The zero-order chi connectivity index (χ0) is 33.1. The molecule has 0 bridgehead atoms. The number of thioether (sulfide) groups is 1. The van der Waals surface area contributed by atoms with Crippen LogP contribution in [-0.4, -0.2) is 50.5 Å². The van der Waals surface area contributed by atoms with Gasteiger partial charge in [0, 0.05) is 30.0 Å². The van der Waals surface area contributed by atoms with E-state index < -0.39 is 34.3 Å². The van der Waals surface area contributed by atoms with Crippen molar-refractivity contribution in [2.45, 2.75) is 55.5 Å². The van der Waals surface area contributed by atoms with Gasteiger partial charge in [-0.25, -0.2) is 12.8 Å². The number of carbonyl (C=O) groups is 2. The number of benzene rings is 4. The molecule has 0 spiro atoms. The quantitative estimate of drug-likeness (QED) is 0.115. The third-order valence-electron chi connectivity index (χ3n) is 7.65. The number of aryl methyl sites for hydroxylation is 1. The first-order chi connectivity index (χ1) is 22.1. The summed E-state index contributed by atoms with van der Waals surface area (Å²) in [5, 5.41) is 2.94. The Balaban J connectivity index is 1.79. The molecular formula is C36H40FN3O4S2. The second kappa shape index (κ2) is 16.4. The van der Waals surface area contributed by atoms with Crippen molar-refractivity contribution >= 4 is 39.3 Å². The maximum atomic E-state index is 15.0. The van der Waals surface area contributed by atoms with Gasteiger partial charge in [0.1, 0.15) is 18.4 Å². The van der Waals surface area contributed by atoms with Crippen LogP contribution in [0.3, 0.4) is 0 Å². The SMILES string of the molecule is CCCCNC(=O)C(Cc1ccccc1)N(Cc1ccccc1F)C(=O)CN(c1ccc(C)cc1)S(=O)(=O)c1ccc(SC)cc1. The topological polar surface area (TPSA) is 86.8 Å². The summed E-state index contributed by atoms with van der Waals surface area (Å²) in [6.45, 7) is 3.48. The number of unbranched alkanes of at least 4 members (excludes halogenated alkanes) is 1. The number of anilines is 1. The van der Waals surface area contributed by atoms with Gasteiger partial charge in [0.15, 0.2) is 0 Å². The second-order valence-electron chi connectivity index (χ2n) is 11.0. The highest BCUT2D eigenvalue weighted by atomic mass is 32.2. The van der Waals surface area contributed by atoms with E-state index in [0.29, 0.717) is 12.2 Å². The zero-order valence-electron chi connectivity index (χ0n) is 26.4. The highest BCUT2D eigenvalue weighted by Crippen LogP contribution is 2.27. The molecule has 0 saturated heterocycles. The molecule has 4 aromatic rings. The van der Waals surface area contributed by atoms with Crippen LogP contribution in [0, 0.1) is 12.7 Å². The molecule has 10 heteroatoms. The number of nitrogens with zero attached hydrogens (tertiary/aromatic N) is 2. The lowest BCUT2D eigenvalue weighted by Crippen LogP contribution is -2.53. The number of hydrogen-bond donors (Lipinski definition) is 1. The van der Waals surface area contributed by atoms with E-state index >= 15 is 4.39 Å². The van der Waals surface area contributed by atoms with Crippen LogP contribution in [-0.2, 0) is 32.6 Å². The standard InChI is InChI=1S/C36H40FN3O4S2/c1-4-5-23-38-36(42)34(24-28-11-7-6-8-12-28)39(25-29-13-9-10-14-33(29)37)35(41)26-40(30-17-15-27(2)16-18-30)46(43,44)32-21-19-31(45-3)20-22-32/h6-22,34H,4-5,23-26H2,1-3H3,(H,38,42). The highest BCUT2D eigenvalue weighted by molar-refractivity contribution is 7.98. The van der Waals surface area contributed by atoms with Gasteiger partial charge in [0.05, 0.1) is 10.6 Å². The van der Waals surface area contributed by atoms with E-state index in [2.05, 4.69) is 5.32 Å². The molecule has 2 amide bonds. The molecule has 0 aromatic heterocycles. The predicted octanol–water partition coefficient (Wildman–Crippen LogP) is 6.61. The van der Waals surface area contributed by atoms with Gasteiger partial charge in [-0.3, -0.25) is 13.9 Å². The first kappa shape index (κ1) is 34.7. The summed E-state index contributed by atoms with van der Waals surface area (Å²) in [5.74, 6) is -1.55. The number of nitrogens with one attached hydrogen (secondary N) is 1. The summed E-state index contributed by atoms with van der Waals surface area (Å²) in [5.41, 5.74) is 2.24. The first-order valence-corrected chi connectivity index (χ1v) is 17.9. The summed E-state index contributed by atoms with van der Waals surface area (Å²) in [6.07, 6.45) is 3.67. The lowest BCUT2D eigenvalue weighted by molar-refractivity contribution is -0.140. The van der Waals surface area contributed by atoms with Crippen LogP contribution in [0.1, 0.15) is 36.5 Å². The summed E-state index contributed by atoms with van der Waals surface area (Å²) in [7, 11) is -4.22. The molecule has 0 aliphatic heterocycles. The van der Waals surface area contributed by atoms with Crippen LogP contribution in [0.2, 0.25) is 0 Å². The normalized spacial score (nSPS) is 11.9. The van der Waals surface area contributed by atoms with Gasteiger partial charge in [-0.15, -0.1) is 11.8 Å². The molecule has 0 fully saturated rings. The van der Waals surface area contributed by atoms with Crippen LogP contribution in [0.5, 0.6) is 0 Å². The van der Waals surface area contributed by atoms with Gasteiger partial charge in [-0.05, 0) is 67.6 Å². The molecule has 0 saturated carbocycles. The number of carbonyl (C=O) groups excluding carboxylic acids is 2. The van der Waals surface area contributed by atoms with E-state index in [1.54, 1.807) is 54.6 Å². The minimum Gasteiger partial charge on any atom is -0.354 e. The summed E-state index contributed by atoms with van der Waals surface area (Å²) >= 11 is 1.49. The average molecular weight is 662 g/mol. The molecule has 242 valence electrons. The van der Waals surface area contributed by atoms with Gasteiger partial charge in [0.2, 0.25) is 11.8 Å². The van der Waals surface area contributed by atoms with Crippen molar-refractivity contribution in [1.29, 1.82) is 0 Å². The fourth-order valence-electron chi connectivity index (χ4n) is 4.98. The van der Waals surface area contributed by atoms with E-state index in [0.717, 1.165) is 33.2 Å². The van der Waals surface area contributed by atoms with Crippen LogP contribution in [0.15, 0.2) is 113 Å². The van der Waals surface area contributed by atoms with Crippen LogP contribution in [0.25, 0.3) is 0 Å². The molecule has 1 N–H and O–H groups in total. The largest absolute Gasteiger partial charge is 0.354 e. The van der Waals surface area contributed by atoms with Crippen molar-refractivity contribution in [1.82, 2.24) is 10.2 Å². The molecule has 0 aliphatic rings. The number of hydrogen-bond acceptors (Lipinski definition) is 5. The van der Waals surface area contributed by atoms with E-state index in [9.17, 15) is 18.0 Å². The van der Waals surface area contributed by atoms with Crippen LogP contribution < -0.4 is 9.62 Å². The molecular weight excluding hydrogens is 622 g/mol. The van der Waals surface area contributed by atoms with Crippen molar-refractivity contribution in [3.63, 3.8) is 0 Å². The smallest absolute Gasteiger partial charge is 0.264 e. The lowest BCUT2D eigenvalue weighted by atomic mass is 10.0. The Morgan fingerprint density at radius 2 is 1.54 bits per heavy atom. The van der Waals surface area contributed by atoms with E-state index in [1.165, 1.54) is 34.9 Å². The Bertz CT molecular complexity index is 1700. The number of rotatable bonds is 15. The molecule has 7 nitrogen and oxygen atoms in total. The third kappa shape index (κ3) is 8.98. The Morgan fingerprint density at radius 1 is 0.891 bits per heavy atom. The second-order valence-corrected chi connectivity index (χ2v) is 13.7. The summed E-state index contributed by atoms with van der Waals surface area (Å²) in [6, 6.07) is 27.6. The monoisotopic (exact) mass is 661 g/mol. The van der Waals surface area contributed by atoms with Crippen molar-refractivity contribution in [3.8, 4) is 0 Å². The predicted molar refractivity (Wildman–Crippen MR) is 183 cm³/mol. The number of sulfonamides is 1. The Kier molecular flexibility index (Phi) is 12.4. The van der Waals surface area contributed by atoms with Crippen molar-refractivity contribution in [2.24, 2.45) is 0 Å². The Hall–Kier alpha value is -4.15. The fourth-order valence-corrected chi connectivity index (χ4v) is 6.81. The number of halogens is 1. The molecule has 46 heavy (non-hydrogen) atoms. The van der Waals surface area contributed by atoms with Gasteiger partial charge in [-0.1, -0.05) is 79.6 Å². The Morgan fingerprint density at radius 3 is 2.17 bits per heavy atom. The molecule has 4 rings (SSSR count). The maximum Gasteiger partial charge on any atom is 0.264 e. The fraction of sp³-hybridized carbons (Fsp3) is 0.278. The molecule has 1 atom stereocenters. The minimum absolute atomic E-state index is 0.0254. The zero-order valence-corrected chi connectivity index (χ0v) is 28.0. The highest BCUT2D eigenvalue weighted by Gasteiger charge is 2.35. The minimum atomic E-state index is -4.22. The molecule has 4 aromatic carbocycles. The van der Waals surface area contributed by atoms with Crippen molar-refractivity contribution < 1.29 is 22.4 Å². The van der Waals surface area contributed by atoms with Crippen LogP contribution >= 0.6 is 11.8 Å². The molecule has 0 aliphatic carbocycles. The van der Waals surface area contributed by atoms with Gasteiger partial charge < -0.3 is 10.2 Å². The summed E-state index contributed by atoms with van der Waals surface area (Å²) < 4.78 is 44.4. The first-order valence-electron chi connectivity index (χ1n) is 15.2. The van der Waals surface area contributed by atoms with E-state index in [-0.39, 0.29) is 29.3 Å². The Labute approximate surface area is 275 Å². The molecule has 1 unspecified atom stereocenters. The average Bonchev–Trinajstić information content (AvgIpc) is 3.07. The number of amides is 2. The van der Waals surface area contributed by atoms with Crippen molar-refractivity contribution in [3.05, 3.63) is 126 Å². The van der Waals surface area contributed by atoms with Crippen molar-refractivity contribution in [2.75, 3.05) is 23.7 Å². The van der Waals surface area contributed by atoms with E-state index in [1.807, 2.05) is 50.4 Å². The van der Waals surface area contributed by atoms with Crippen LogP contribution in [0.4, 0.5) is 10.1 Å². The summed E-state index contributed by atoms with van der Waals surface area (Å²) in [4.78, 5) is 30.5. The van der Waals surface area contributed by atoms with Gasteiger partial charge >= 0.3 is 0 Å². The molecule has 0 radical (unpaired) electrons. The van der Waals surface area contributed by atoms with Gasteiger partial charge in [0.25, 0.3) is 10.0 Å². The molecule has 0 heterocycles. The lowest BCUT2D eigenvalue weighted by Gasteiger charge is -2.34. The third-order valence-corrected chi connectivity index (χ3v) is 10.2. The maximum absolute atomic E-state index is 15.0.